The quantitative estimate of drug-likeness (QED) is 0.826. The molecule has 4 nitrogen and oxygen atoms in total. The lowest BCUT2D eigenvalue weighted by molar-refractivity contribution is 0.0911. The van der Waals surface area contributed by atoms with Gasteiger partial charge in [0, 0.05) is 12.6 Å². The molecule has 1 fully saturated rings. The monoisotopic (exact) mass is 343 g/mol. The lowest BCUT2D eigenvalue weighted by Gasteiger charge is -2.30. The second-order valence-electron chi connectivity index (χ2n) is 6.42. The summed E-state index contributed by atoms with van der Waals surface area (Å²) < 4.78 is 36.7. The van der Waals surface area contributed by atoms with Gasteiger partial charge >= 0.3 is 0 Å². The third-order valence-electron chi connectivity index (χ3n) is 4.52. The van der Waals surface area contributed by atoms with E-state index < -0.39 is 15.9 Å². The van der Waals surface area contributed by atoms with Crippen LogP contribution in [0.3, 0.4) is 0 Å². The summed E-state index contributed by atoms with van der Waals surface area (Å²) in [6.45, 7) is 5.02. The highest BCUT2D eigenvalue weighted by atomic mass is 32.2. The number of aryl methyl sites for hydroxylation is 1. The Balaban J connectivity index is 2.10. The van der Waals surface area contributed by atoms with E-state index in [4.69, 9.17) is 0 Å². The highest BCUT2D eigenvalue weighted by molar-refractivity contribution is 7.91. The number of aliphatic hydroxyl groups excluding tert-OH is 1. The summed E-state index contributed by atoms with van der Waals surface area (Å²) in [5.41, 5.74) is 1.42. The molecule has 2 atom stereocenters. The predicted octanol–water partition coefficient (Wildman–Crippen LogP) is 2.46. The molecule has 0 amide bonds. The van der Waals surface area contributed by atoms with Gasteiger partial charge in [0.05, 0.1) is 17.6 Å². The second kappa shape index (κ2) is 7.73. The Morgan fingerprint density at radius 2 is 2.17 bits per heavy atom. The van der Waals surface area contributed by atoms with Crippen molar-refractivity contribution < 1.29 is 17.9 Å². The van der Waals surface area contributed by atoms with E-state index in [9.17, 15) is 17.9 Å². The summed E-state index contributed by atoms with van der Waals surface area (Å²) >= 11 is 0. The van der Waals surface area contributed by atoms with Crippen LogP contribution in [-0.2, 0) is 9.84 Å². The molecule has 1 heterocycles. The van der Waals surface area contributed by atoms with E-state index in [1.165, 1.54) is 12.1 Å². The van der Waals surface area contributed by atoms with Crippen LogP contribution in [0.4, 0.5) is 4.39 Å². The third kappa shape index (κ3) is 4.99. The van der Waals surface area contributed by atoms with E-state index in [-0.39, 0.29) is 23.4 Å². The minimum Gasteiger partial charge on any atom is -0.387 e. The van der Waals surface area contributed by atoms with Crippen LogP contribution in [0.1, 0.15) is 43.4 Å². The molecule has 0 bridgehead atoms. The molecule has 1 aliphatic heterocycles. The highest BCUT2D eigenvalue weighted by Gasteiger charge is 2.33. The van der Waals surface area contributed by atoms with Crippen LogP contribution in [0.15, 0.2) is 18.2 Å². The number of halogens is 1. The first kappa shape index (κ1) is 18.4. The Morgan fingerprint density at radius 3 is 2.74 bits per heavy atom. The SMILES string of the molecule is CCCCN(CC(O)c1ccc(F)cc1C)C1CCS(=O)(=O)C1. The van der Waals surface area contributed by atoms with Crippen molar-refractivity contribution in [3.8, 4) is 0 Å². The van der Waals surface area contributed by atoms with Gasteiger partial charge in [-0.3, -0.25) is 4.90 Å². The van der Waals surface area contributed by atoms with Gasteiger partial charge in [-0.1, -0.05) is 19.4 Å². The standard InChI is InChI=1S/C17H26FNO3S/c1-3-4-8-19(15-7-9-23(21,22)12-15)11-17(20)16-6-5-14(18)10-13(16)2/h5-6,10,15,17,20H,3-4,7-9,11-12H2,1-2H3. The van der Waals surface area contributed by atoms with E-state index in [1.807, 2.05) is 0 Å². The maximum atomic E-state index is 13.2. The third-order valence-corrected chi connectivity index (χ3v) is 6.27. The molecule has 0 radical (unpaired) electrons. The van der Waals surface area contributed by atoms with Crippen molar-refractivity contribution in [2.75, 3.05) is 24.6 Å². The average molecular weight is 343 g/mol. The normalized spacial score (nSPS) is 21.7. The van der Waals surface area contributed by atoms with Crippen LogP contribution in [0.2, 0.25) is 0 Å². The first-order valence-corrected chi connectivity index (χ1v) is 10.0. The molecule has 1 aromatic carbocycles. The van der Waals surface area contributed by atoms with Crippen LogP contribution in [-0.4, -0.2) is 49.1 Å². The van der Waals surface area contributed by atoms with Gasteiger partial charge in [0.25, 0.3) is 0 Å². The van der Waals surface area contributed by atoms with Crippen LogP contribution in [0, 0.1) is 12.7 Å². The maximum Gasteiger partial charge on any atom is 0.151 e. The van der Waals surface area contributed by atoms with Crippen LogP contribution < -0.4 is 0 Å². The van der Waals surface area contributed by atoms with Gasteiger partial charge in [0.15, 0.2) is 9.84 Å². The molecule has 0 aromatic heterocycles. The molecule has 1 aromatic rings. The number of hydrogen-bond acceptors (Lipinski definition) is 4. The van der Waals surface area contributed by atoms with Crippen molar-refractivity contribution in [2.45, 2.75) is 45.3 Å². The van der Waals surface area contributed by atoms with Crippen molar-refractivity contribution in [1.29, 1.82) is 0 Å². The summed E-state index contributed by atoms with van der Waals surface area (Å²) in [5.74, 6) is 0.0841. The topological polar surface area (TPSA) is 57.6 Å². The lowest BCUT2D eigenvalue weighted by Crippen LogP contribution is -2.40. The summed E-state index contributed by atoms with van der Waals surface area (Å²) in [5, 5.41) is 10.5. The lowest BCUT2D eigenvalue weighted by atomic mass is 10.0. The van der Waals surface area contributed by atoms with Crippen molar-refractivity contribution in [3.63, 3.8) is 0 Å². The molecule has 0 saturated carbocycles. The number of hydrogen-bond donors (Lipinski definition) is 1. The highest BCUT2D eigenvalue weighted by Crippen LogP contribution is 2.24. The van der Waals surface area contributed by atoms with E-state index in [0.717, 1.165) is 19.4 Å². The van der Waals surface area contributed by atoms with Gasteiger partial charge in [-0.2, -0.15) is 0 Å². The van der Waals surface area contributed by atoms with E-state index in [0.29, 0.717) is 24.1 Å². The molecule has 6 heteroatoms. The number of benzene rings is 1. The molecule has 2 rings (SSSR count). The zero-order valence-corrected chi connectivity index (χ0v) is 14.7. The van der Waals surface area contributed by atoms with Gasteiger partial charge in [0.1, 0.15) is 5.82 Å². The Labute approximate surface area is 138 Å². The molecule has 1 N–H and O–H groups in total. The number of aliphatic hydroxyl groups is 1. The summed E-state index contributed by atoms with van der Waals surface area (Å²) in [7, 11) is -2.95. The van der Waals surface area contributed by atoms with E-state index in [1.54, 1.807) is 13.0 Å². The average Bonchev–Trinajstić information content (AvgIpc) is 2.83. The zero-order valence-electron chi connectivity index (χ0n) is 13.8. The van der Waals surface area contributed by atoms with Crippen LogP contribution >= 0.6 is 0 Å². The summed E-state index contributed by atoms with van der Waals surface area (Å²) in [6, 6.07) is 4.34. The summed E-state index contributed by atoms with van der Waals surface area (Å²) in [6.07, 6.45) is 1.87. The van der Waals surface area contributed by atoms with E-state index >= 15 is 0 Å². The molecule has 2 unspecified atom stereocenters. The molecule has 23 heavy (non-hydrogen) atoms. The number of sulfone groups is 1. The Morgan fingerprint density at radius 1 is 1.43 bits per heavy atom. The Bertz CT molecular complexity index is 633. The fraction of sp³-hybridized carbons (Fsp3) is 0.647. The molecule has 0 aliphatic carbocycles. The number of rotatable bonds is 7. The van der Waals surface area contributed by atoms with Gasteiger partial charge in [-0.25, -0.2) is 12.8 Å². The zero-order chi connectivity index (χ0) is 17.0. The van der Waals surface area contributed by atoms with Crippen LogP contribution in [0.5, 0.6) is 0 Å². The van der Waals surface area contributed by atoms with Crippen molar-refractivity contribution in [1.82, 2.24) is 4.90 Å². The maximum absolute atomic E-state index is 13.2. The van der Waals surface area contributed by atoms with Gasteiger partial charge in [0.2, 0.25) is 0 Å². The Kier molecular flexibility index (Phi) is 6.17. The Hall–Kier alpha value is -0.980. The van der Waals surface area contributed by atoms with Gasteiger partial charge in [-0.05, 0) is 49.6 Å². The minimum absolute atomic E-state index is 0.0260. The molecule has 1 saturated heterocycles. The minimum atomic E-state index is -2.95. The van der Waals surface area contributed by atoms with Gasteiger partial charge < -0.3 is 5.11 Å². The van der Waals surface area contributed by atoms with E-state index in [2.05, 4.69) is 11.8 Å². The van der Waals surface area contributed by atoms with Crippen molar-refractivity contribution >= 4 is 9.84 Å². The number of nitrogens with zero attached hydrogens (tertiary/aromatic N) is 1. The fourth-order valence-corrected chi connectivity index (χ4v) is 4.94. The predicted molar refractivity (Wildman–Crippen MR) is 89.6 cm³/mol. The van der Waals surface area contributed by atoms with Gasteiger partial charge in [-0.15, -0.1) is 0 Å². The van der Waals surface area contributed by atoms with Crippen LogP contribution in [0.25, 0.3) is 0 Å². The smallest absolute Gasteiger partial charge is 0.151 e. The molecule has 1 aliphatic rings. The first-order valence-electron chi connectivity index (χ1n) is 8.21. The van der Waals surface area contributed by atoms with Crippen molar-refractivity contribution in [3.05, 3.63) is 35.1 Å². The first-order chi connectivity index (χ1) is 10.8. The molecular weight excluding hydrogens is 317 g/mol. The summed E-state index contributed by atoms with van der Waals surface area (Å²) in [4.78, 5) is 2.08. The largest absolute Gasteiger partial charge is 0.387 e. The molecular formula is C17H26FNO3S. The molecule has 130 valence electrons. The molecule has 0 spiro atoms. The second-order valence-corrected chi connectivity index (χ2v) is 8.65. The van der Waals surface area contributed by atoms with Crippen molar-refractivity contribution in [2.24, 2.45) is 0 Å². The fourth-order valence-electron chi connectivity index (χ4n) is 3.18. The number of unbranched alkanes of at least 4 members (excludes halogenated alkanes) is 1.